The van der Waals surface area contributed by atoms with E-state index in [2.05, 4.69) is 19.9 Å². The van der Waals surface area contributed by atoms with E-state index >= 15 is 0 Å². The summed E-state index contributed by atoms with van der Waals surface area (Å²) in [7, 11) is 0. The van der Waals surface area contributed by atoms with E-state index in [1.54, 1.807) is 6.92 Å². The lowest BCUT2D eigenvalue weighted by molar-refractivity contribution is -0.168. The molecule has 1 N–H and O–H groups in total. The highest BCUT2D eigenvalue weighted by molar-refractivity contribution is 6.28. The second kappa shape index (κ2) is 6.70. The molecule has 0 amide bonds. The zero-order chi connectivity index (χ0) is 20.3. The van der Waals surface area contributed by atoms with Crippen LogP contribution in [0.5, 0.6) is 0 Å². The number of Topliss-reactive ketones (excluding diaryl/α,β-unsaturated/α-hetero) is 1. The summed E-state index contributed by atoms with van der Waals surface area (Å²) in [4.78, 5) is 34.5. The summed E-state index contributed by atoms with van der Waals surface area (Å²) in [5, 5.41) is 8.81. The SMILES string of the molecule is CC(=O)[C@H]1CC[C@H]2[C@@H]3CC=C4C[C@@H](OC(=O)C(=O)O)CC[C@]4(C)[C@H]3CC[C@]12C. The van der Waals surface area contributed by atoms with E-state index in [9.17, 15) is 14.4 Å². The molecular weight excluding hydrogens is 356 g/mol. The first-order valence-electron chi connectivity index (χ1n) is 10.8. The minimum absolute atomic E-state index is 0.116. The van der Waals surface area contributed by atoms with Crippen molar-refractivity contribution in [3.63, 3.8) is 0 Å². The molecule has 0 aromatic carbocycles. The summed E-state index contributed by atoms with van der Waals surface area (Å²) in [6.07, 6.45) is 9.91. The van der Waals surface area contributed by atoms with Crippen LogP contribution in [0.3, 0.4) is 0 Å². The number of ether oxygens (including phenoxy) is 1. The molecular formula is C23H32O5. The predicted molar refractivity (Wildman–Crippen MR) is 103 cm³/mol. The fourth-order valence-corrected chi connectivity index (χ4v) is 7.60. The van der Waals surface area contributed by atoms with Gasteiger partial charge in [0.05, 0.1) is 0 Å². The molecule has 4 aliphatic carbocycles. The first kappa shape index (κ1) is 19.7. The highest BCUT2D eigenvalue weighted by Gasteiger charge is 2.59. The highest BCUT2D eigenvalue weighted by Crippen LogP contribution is 2.66. The molecule has 5 heteroatoms. The Balaban J connectivity index is 1.54. The molecule has 4 aliphatic rings. The molecule has 7 atom stereocenters. The summed E-state index contributed by atoms with van der Waals surface area (Å²) in [6, 6.07) is 0. The molecule has 0 aliphatic heterocycles. The van der Waals surface area contributed by atoms with Gasteiger partial charge in [0.15, 0.2) is 0 Å². The molecule has 0 saturated heterocycles. The van der Waals surface area contributed by atoms with E-state index in [1.165, 1.54) is 12.0 Å². The van der Waals surface area contributed by atoms with Gasteiger partial charge in [-0.25, -0.2) is 9.59 Å². The van der Waals surface area contributed by atoms with Gasteiger partial charge in [-0.1, -0.05) is 25.5 Å². The van der Waals surface area contributed by atoms with Crippen LogP contribution in [0.2, 0.25) is 0 Å². The Bertz CT molecular complexity index is 739. The molecule has 3 saturated carbocycles. The van der Waals surface area contributed by atoms with Crippen LogP contribution >= 0.6 is 0 Å². The average molecular weight is 389 g/mol. The Hall–Kier alpha value is -1.65. The second-order valence-electron chi connectivity index (χ2n) is 10.1. The fraction of sp³-hybridized carbons (Fsp3) is 0.783. The standard InChI is InChI=1S/C23H32O5/c1-13(24)17-6-7-18-16-5-4-14-12-15(28-21(27)20(25)26)8-10-22(14,2)19(16)9-11-23(17,18)3/h4,15-19H,5-12H2,1-3H3,(H,25,26)/t15-,16-,17+,18-,19-,22-,23+/m0/s1. The largest absolute Gasteiger partial charge is 0.473 e. The van der Waals surface area contributed by atoms with Crippen LogP contribution in [0.1, 0.15) is 72.1 Å². The molecule has 0 spiro atoms. The first-order chi connectivity index (χ1) is 13.2. The topological polar surface area (TPSA) is 80.7 Å². The van der Waals surface area contributed by atoms with Crippen LogP contribution in [-0.4, -0.2) is 28.9 Å². The third-order valence-electron chi connectivity index (χ3n) is 9.00. The number of esters is 1. The third kappa shape index (κ3) is 2.84. The third-order valence-corrected chi connectivity index (χ3v) is 9.00. The summed E-state index contributed by atoms with van der Waals surface area (Å²) >= 11 is 0. The van der Waals surface area contributed by atoms with Gasteiger partial charge in [-0.15, -0.1) is 0 Å². The predicted octanol–water partition coefficient (Wildman–Crippen LogP) is 4.15. The Morgan fingerprint density at radius 3 is 2.50 bits per heavy atom. The smallest absolute Gasteiger partial charge is 0.417 e. The number of hydrogen-bond acceptors (Lipinski definition) is 4. The van der Waals surface area contributed by atoms with Crippen LogP contribution in [0, 0.1) is 34.5 Å². The van der Waals surface area contributed by atoms with Gasteiger partial charge in [0.1, 0.15) is 11.9 Å². The Kier molecular flexibility index (Phi) is 4.71. The van der Waals surface area contributed by atoms with E-state index in [4.69, 9.17) is 9.84 Å². The number of carboxylic acids is 1. The molecule has 0 bridgehead atoms. The van der Waals surface area contributed by atoms with Crippen molar-refractivity contribution < 1.29 is 24.2 Å². The minimum Gasteiger partial charge on any atom is -0.473 e. The Morgan fingerprint density at radius 1 is 1.07 bits per heavy atom. The van der Waals surface area contributed by atoms with Crippen molar-refractivity contribution in [2.24, 2.45) is 34.5 Å². The van der Waals surface area contributed by atoms with Crippen molar-refractivity contribution in [3.05, 3.63) is 11.6 Å². The number of allylic oxidation sites excluding steroid dienone is 1. The van der Waals surface area contributed by atoms with Gasteiger partial charge in [0, 0.05) is 12.3 Å². The van der Waals surface area contributed by atoms with Crippen LogP contribution in [0.15, 0.2) is 11.6 Å². The van der Waals surface area contributed by atoms with Gasteiger partial charge < -0.3 is 9.84 Å². The highest BCUT2D eigenvalue weighted by atomic mass is 16.6. The molecule has 5 nitrogen and oxygen atoms in total. The molecule has 0 aromatic rings. The van der Waals surface area contributed by atoms with Crippen LogP contribution in [0.4, 0.5) is 0 Å². The Morgan fingerprint density at radius 2 is 1.82 bits per heavy atom. The molecule has 0 unspecified atom stereocenters. The number of hydrogen-bond donors (Lipinski definition) is 1. The van der Waals surface area contributed by atoms with Crippen molar-refractivity contribution in [1.29, 1.82) is 0 Å². The summed E-state index contributed by atoms with van der Waals surface area (Å²) in [5.41, 5.74) is 1.63. The first-order valence-corrected chi connectivity index (χ1v) is 10.8. The van der Waals surface area contributed by atoms with Gasteiger partial charge in [-0.2, -0.15) is 0 Å². The maximum absolute atomic E-state index is 12.2. The lowest BCUT2D eigenvalue weighted by Crippen LogP contribution is -2.51. The van der Waals surface area contributed by atoms with Crippen molar-refractivity contribution in [2.75, 3.05) is 0 Å². The van der Waals surface area contributed by atoms with E-state index in [0.29, 0.717) is 30.0 Å². The number of carbonyl (C=O) groups is 3. The molecule has 4 rings (SSSR count). The number of fused-ring (bicyclic) bond motifs is 5. The minimum atomic E-state index is -1.51. The Labute approximate surface area is 166 Å². The van der Waals surface area contributed by atoms with E-state index in [1.807, 2.05) is 0 Å². The lowest BCUT2D eigenvalue weighted by Gasteiger charge is -2.58. The fourth-order valence-electron chi connectivity index (χ4n) is 7.60. The van der Waals surface area contributed by atoms with Crippen molar-refractivity contribution >= 4 is 17.7 Å². The van der Waals surface area contributed by atoms with Gasteiger partial charge >= 0.3 is 11.9 Å². The van der Waals surface area contributed by atoms with Crippen LogP contribution < -0.4 is 0 Å². The zero-order valence-corrected chi connectivity index (χ0v) is 17.2. The maximum atomic E-state index is 12.2. The lowest BCUT2D eigenvalue weighted by atomic mass is 9.47. The maximum Gasteiger partial charge on any atom is 0.417 e. The van der Waals surface area contributed by atoms with E-state index in [0.717, 1.165) is 38.5 Å². The second-order valence-corrected chi connectivity index (χ2v) is 10.1. The molecule has 3 fully saturated rings. The average Bonchev–Trinajstić information content (AvgIpc) is 2.99. The quantitative estimate of drug-likeness (QED) is 0.437. The van der Waals surface area contributed by atoms with Gasteiger partial charge in [0.25, 0.3) is 0 Å². The zero-order valence-electron chi connectivity index (χ0n) is 17.2. The number of ketones is 1. The molecule has 0 radical (unpaired) electrons. The van der Waals surface area contributed by atoms with E-state index in [-0.39, 0.29) is 22.9 Å². The summed E-state index contributed by atoms with van der Waals surface area (Å²) in [6.45, 7) is 6.49. The summed E-state index contributed by atoms with van der Waals surface area (Å²) < 4.78 is 5.19. The van der Waals surface area contributed by atoms with Crippen molar-refractivity contribution in [1.82, 2.24) is 0 Å². The van der Waals surface area contributed by atoms with Gasteiger partial charge in [-0.3, -0.25) is 4.79 Å². The molecule has 28 heavy (non-hydrogen) atoms. The monoisotopic (exact) mass is 388 g/mol. The summed E-state index contributed by atoms with van der Waals surface area (Å²) in [5.74, 6) is -0.193. The number of carbonyl (C=O) groups excluding carboxylic acids is 2. The number of aliphatic carboxylic acids is 1. The number of carboxylic acid groups (broad SMARTS) is 1. The molecule has 0 heterocycles. The number of rotatable bonds is 2. The van der Waals surface area contributed by atoms with Crippen molar-refractivity contribution in [2.45, 2.75) is 78.2 Å². The molecule has 154 valence electrons. The van der Waals surface area contributed by atoms with Crippen LogP contribution in [0.25, 0.3) is 0 Å². The van der Waals surface area contributed by atoms with E-state index < -0.39 is 11.9 Å². The van der Waals surface area contributed by atoms with Gasteiger partial charge in [0.2, 0.25) is 0 Å². The molecule has 0 aromatic heterocycles. The van der Waals surface area contributed by atoms with Gasteiger partial charge in [-0.05, 0) is 80.5 Å². The van der Waals surface area contributed by atoms with Crippen LogP contribution in [-0.2, 0) is 19.1 Å². The normalized spacial score (nSPS) is 44.5. The van der Waals surface area contributed by atoms with Crippen molar-refractivity contribution in [3.8, 4) is 0 Å².